The highest BCUT2D eigenvalue weighted by Gasteiger charge is 2.41. The standard InChI is InChI=1S/C11H10F3N3O/c1-7-2-4-8(5-3-7)17-6-9(15-16-17)10(18)11(12,13)14/h2-6,10,18H,1H3. The molecule has 0 saturated carbocycles. The number of aryl methyl sites for hydroxylation is 1. The van der Waals surface area contributed by atoms with Gasteiger partial charge in [0.2, 0.25) is 0 Å². The molecule has 1 unspecified atom stereocenters. The van der Waals surface area contributed by atoms with E-state index in [2.05, 4.69) is 10.3 Å². The van der Waals surface area contributed by atoms with E-state index in [-0.39, 0.29) is 0 Å². The van der Waals surface area contributed by atoms with Crippen LogP contribution in [0, 0.1) is 6.92 Å². The van der Waals surface area contributed by atoms with E-state index in [9.17, 15) is 13.2 Å². The topological polar surface area (TPSA) is 50.9 Å². The van der Waals surface area contributed by atoms with Gasteiger partial charge in [0.15, 0.2) is 6.10 Å². The smallest absolute Gasteiger partial charge is 0.378 e. The van der Waals surface area contributed by atoms with Crippen LogP contribution in [-0.2, 0) is 0 Å². The summed E-state index contributed by atoms with van der Waals surface area (Å²) in [6, 6.07) is 7.01. The molecule has 0 spiro atoms. The van der Waals surface area contributed by atoms with Gasteiger partial charge in [0.1, 0.15) is 5.69 Å². The zero-order valence-corrected chi connectivity index (χ0v) is 9.39. The summed E-state index contributed by atoms with van der Waals surface area (Å²) in [5.41, 5.74) is 1.08. The third kappa shape index (κ3) is 2.51. The van der Waals surface area contributed by atoms with Gasteiger partial charge in [-0.15, -0.1) is 5.10 Å². The van der Waals surface area contributed by atoms with Crippen molar-refractivity contribution in [2.24, 2.45) is 0 Å². The van der Waals surface area contributed by atoms with E-state index in [1.165, 1.54) is 4.68 Å². The number of hydrogen-bond donors (Lipinski definition) is 1. The molecular weight excluding hydrogens is 247 g/mol. The second-order valence-electron chi connectivity index (χ2n) is 3.87. The molecule has 0 bridgehead atoms. The van der Waals surface area contributed by atoms with Crippen molar-refractivity contribution in [1.82, 2.24) is 15.0 Å². The van der Waals surface area contributed by atoms with E-state index in [0.717, 1.165) is 11.8 Å². The van der Waals surface area contributed by atoms with E-state index >= 15 is 0 Å². The molecule has 0 radical (unpaired) electrons. The van der Waals surface area contributed by atoms with Gasteiger partial charge in [0.25, 0.3) is 0 Å². The fourth-order valence-electron chi connectivity index (χ4n) is 1.39. The Morgan fingerprint density at radius 3 is 2.39 bits per heavy atom. The number of hydrogen-bond acceptors (Lipinski definition) is 3. The summed E-state index contributed by atoms with van der Waals surface area (Å²) in [5.74, 6) is 0. The number of aliphatic hydroxyl groups excluding tert-OH is 1. The molecule has 0 aliphatic rings. The summed E-state index contributed by atoms with van der Waals surface area (Å²) < 4.78 is 38.0. The summed E-state index contributed by atoms with van der Waals surface area (Å²) in [5, 5.41) is 15.9. The molecule has 1 atom stereocenters. The molecule has 18 heavy (non-hydrogen) atoms. The number of benzene rings is 1. The summed E-state index contributed by atoms with van der Waals surface area (Å²) in [7, 11) is 0. The molecule has 4 nitrogen and oxygen atoms in total. The summed E-state index contributed by atoms with van der Waals surface area (Å²) >= 11 is 0. The molecule has 0 fully saturated rings. The van der Waals surface area contributed by atoms with Crippen molar-refractivity contribution in [3.8, 4) is 5.69 Å². The Labute approximate surface area is 101 Å². The Kier molecular flexibility index (Phi) is 3.08. The highest BCUT2D eigenvalue weighted by Crippen LogP contribution is 2.31. The summed E-state index contributed by atoms with van der Waals surface area (Å²) in [6.07, 6.45) is -6.30. The first-order chi connectivity index (χ1) is 8.38. The quantitative estimate of drug-likeness (QED) is 0.897. The average Bonchev–Trinajstić information content (AvgIpc) is 2.77. The number of aliphatic hydroxyl groups is 1. The lowest BCUT2D eigenvalue weighted by Crippen LogP contribution is -2.20. The van der Waals surface area contributed by atoms with Crippen LogP contribution in [0.4, 0.5) is 13.2 Å². The molecule has 2 rings (SSSR count). The Morgan fingerprint density at radius 1 is 1.22 bits per heavy atom. The highest BCUT2D eigenvalue weighted by molar-refractivity contribution is 5.33. The minimum Gasteiger partial charge on any atom is -0.378 e. The molecule has 1 N–H and O–H groups in total. The predicted molar refractivity (Wildman–Crippen MR) is 57.1 cm³/mol. The van der Waals surface area contributed by atoms with Gasteiger partial charge < -0.3 is 5.11 Å². The lowest BCUT2D eigenvalue weighted by atomic mass is 10.2. The van der Waals surface area contributed by atoms with Crippen LogP contribution in [0.3, 0.4) is 0 Å². The van der Waals surface area contributed by atoms with Crippen molar-refractivity contribution in [1.29, 1.82) is 0 Å². The fourth-order valence-corrected chi connectivity index (χ4v) is 1.39. The third-order valence-corrected chi connectivity index (χ3v) is 2.40. The summed E-state index contributed by atoms with van der Waals surface area (Å²) in [4.78, 5) is 0. The van der Waals surface area contributed by atoms with Crippen LogP contribution >= 0.6 is 0 Å². The number of rotatable bonds is 2. The number of nitrogens with zero attached hydrogens (tertiary/aromatic N) is 3. The molecule has 0 amide bonds. The minimum absolute atomic E-state index is 0.525. The summed E-state index contributed by atoms with van der Waals surface area (Å²) in [6.45, 7) is 1.89. The van der Waals surface area contributed by atoms with Crippen molar-refractivity contribution < 1.29 is 18.3 Å². The first kappa shape index (κ1) is 12.6. The zero-order valence-electron chi connectivity index (χ0n) is 9.39. The van der Waals surface area contributed by atoms with Crippen LogP contribution in [0.15, 0.2) is 30.5 Å². The SMILES string of the molecule is Cc1ccc(-n2cc(C(O)C(F)(F)F)nn2)cc1. The van der Waals surface area contributed by atoms with E-state index in [1.54, 1.807) is 24.3 Å². The van der Waals surface area contributed by atoms with Gasteiger partial charge >= 0.3 is 6.18 Å². The molecule has 0 aliphatic heterocycles. The Balaban J connectivity index is 2.28. The number of halogens is 3. The minimum atomic E-state index is -4.74. The van der Waals surface area contributed by atoms with Crippen LogP contribution in [0.1, 0.15) is 17.4 Å². The van der Waals surface area contributed by atoms with Gasteiger partial charge in [-0.1, -0.05) is 22.9 Å². The second-order valence-corrected chi connectivity index (χ2v) is 3.87. The monoisotopic (exact) mass is 257 g/mol. The third-order valence-electron chi connectivity index (χ3n) is 2.40. The fraction of sp³-hybridized carbons (Fsp3) is 0.273. The molecule has 2 aromatic rings. The Morgan fingerprint density at radius 2 is 1.83 bits per heavy atom. The molecule has 1 heterocycles. The maximum absolute atomic E-state index is 12.3. The van der Waals surface area contributed by atoms with Crippen LogP contribution < -0.4 is 0 Å². The van der Waals surface area contributed by atoms with E-state index in [1.807, 2.05) is 6.92 Å². The lowest BCUT2D eigenvalue weighted by Gasteiger charge is -2.10. The predicted octanol–water partition coefficient (Wildman–Crippen LogP) is 2.17. The molecule has 7 heteroatoms. The second kappa shape index (κ2) is 4.41. The van der Waals surface area contributed by atoms with Gasteiger partial charge in [0, 0.05) is 0 Å². The number of alkyl halides is 3. The molecule has 0 aliphatic carbocycles. The molecular formula is C11H10F3N3O. The van der Waals surface area contributed by atoms with Gasteiger partial charge in [-0.25, -0.2) is 4.68 Å². The lowest BCUT2D eigenvalue weighted by molar-refractivity contribution is -0.208. The maximum Gasteiger partial charge on any atom is 0.420 e. The van der Waals surface area contributed by atoms with Crippen molar-refractivity contribution in [3.63, 3.8) is 0 Å². The van der Waals surface area contributed by atoms with Crippen LogP contribution in [-0.4, -0.2) is 26.3 Å². The first-order valence-corrected chi connectivity index (χ1v) is 5.12. The van der Waals surface area contributed by atoms with Crippen molar-refractivity contribution in [2.75, 3.05) is 0 Å². The Bertz CT molecular complexity index is 533. The van der Waals surface area contributed by atoms with E-state index < -0.39 is 18.0 Å². The molecule has 0 saturated heterocycles. The highest BCUT2D eigenvalue weighted by atomic mass is 19.4. The van der Waals surface area contributed by atoms with Crippen molar-refractivity contribution in [3.05, 3.63) is 41.7 Å². The van der Waals surface area contributed by atoms with Gasteiger partial charge in [-0.3, -0.25) is 0 Å². The van der Waals surface area contributed by atoms with Gasteiger partial charge in [0.05, 0.1) is 11.9 Å². The van der Waals surface area contributed by atoms with E-state index in [0.29, 0.717) is 5.69 Å². The van der Waals surface area contributed by atoms with Crippen molar-refractivity contribution >= 4 is 0 Å². The Hall–Kier alpha value is -1.89. The average molecular weight is 257 g/mol. The first-order valence-electron chi connectivity index (χ1n) is 5.12. The van der Waals surface area contributed by atoms with Crippen LogP contribution in [0.2, 0.25) is 0 Å². The zero-order chi connectivity index (χ0) is 13.3. The molecule has 96 valence electrons. The molecule has 1 aromatic heterocycles. The largest absolute Gasteiger partial charge is 0.420 e. The normalized spacial score (nSPS) is 13.6. The van der Waals surface area contributed by atoms with E-state index in [4.69, 9.17) is 5.11 Å². The van der Waals surface area contributed by atoms with Crippen LogP contribution in [0.25, 0.3) is 5.69 Å². The van der Waals surface area contributed by atoms with Gasteiger partial charge in [-0.2, -0.15) is 13.2 Å². The molecule has 1 aromatic carbocycles. The number of aromatic nitrogens is 3. The van der Waals surface area contributed by atoms with Crippen LogP contribution in [0.5, 0.6) is 0 Å². The van der Waals surface area contributed by atoms with Gasteiger partial charge in [-0.05, 0) is 19.1 Å². The maximum atomic E-state index is 12.3. The van der Waals surface area contributed by atoms with Crippen molar-refractivity contribution in [2.45, 2.75) is 19.2 Å².